The van der Waals surface area contributed by atoms with Crippen LogP contribution < -0.4 is 0 Å². The van der Waals surface area contributed by atoms with E-state index in [1.165, 1.54) is 12.1 Å². The second-order valence-electron chi connectivity index (χ2n) is 5.76. The van der Waals surface area contributed by atoms with Crippen LogP contribution in [0.3, 0.4) is 0 Å². The number of rotatable bonds is 4. The number of aliphatic imine (C=N–C) groups is 1. The number of hydrogen-bond donors (Lipinski definition) is 0. The van der Waals surface area contributed by atoms with Gasteiger partial charge in [-0.3, -0.25) is 15.1 Å². The highest BCUT2D eigenvalue weighted by Gasteiger charge is 2.12. The van der Waals surface area contributed by atoms with Crippen molar-refractivity contribution in [1.29, 1.82) is 0 Å². The maximum atomic E-state index is 11.0. The summed E-state index contributed by atoms with van der Waals surface area (Å²) < 4.78 is 5.77. The Morgan fingerprint density at radius 3 is 2.67 bits per heavy atom. The number of nitro benzene ring substituents is 1. The molecule has 6 nitrogen and oxygen atoms in total. The van der Waals surface area contributed by atoms with E-state index in [1.807, 2.05) is 30.3 Å². The zero-order valence-corrected chi connectivity index (χ0v) is 14.6. The summed E-state index contributed by atoms with van der Waals surface area (Å²) in [6, 6.07) is 19.6. The van der Waals surface area contributed by atoms with Crippen molar-refractivity contribution < 1.29 is 9.34 Å². The van der Waals surface area contributed by atoms with Gasteiger partial charge in [0.1, 0.15) is 10.5 Å². The molecule has 0 aliphatic rings. The normalized spacial score (nSPS) is 11.3. The van der Waals surface area contributed by atoms with Crippen LogP contribution in [0.25, 0.3) is 22.6 Å². The summed E-state index contributed by atoms with van der Waals surface area (Å²) in [6.07, 6.45) is 1.54. The minimum atomic E-state index is -0.522. The van der Waals surface area contributed by atoms with E-state index in [2.05, 4.69) is 9.98 Å². The molecule has 0 atom stereocenters. The highest BCUT2D eigenvalue weighted by Crippen LogP contribution is 2.28. The number of hydrogen-bond acceptors (Lipinski definition) is 5. The minimum absolute atomic E-state index is 0.0922. The van der Waals surface area contributed by atoms with Crippen LogP contribution in [0.4, 0.5) is 11.4 Å². The van der Waals surface area contributed by atoms with Crippen molar-refractivity contribution in [3.63, 3.8) is 0 Å². The van der Waals surface area contributed by atoms with E-state index in [0.29, 0.717) is 28.2 Å². The minimum Gasteiger partial charge on any atom is -0.436 e. The lowest BCUT2D eigenvalue weighted by Gasteiger charge is -1.97. The van der Waals surface area contributed by atoms with Crippen molar-refractivity contribution in [2.24, 2.45) is 4.99 Å². The summed E-state index contributed by atoms with van der Waals surface area (Å²) in [4.78, 5) is 19.3. The van der Waals surface area contributed by atoms with Gasteiger partial charge in [0.25, 0.3) is 5.69 Å². The van der Waals surface area contributed by atoms with Gasteiger partial charge in [0.2, 0.25) is 5.89 Å². The molecule has 1 aromatic heterocycles. The van der Waals surface area contributed by atoms with Crippen LogP contribution in [0, 0.1) is 10.1 Å². The quantitative estimate of drug-likeness (QED) is 0.255. The van der Waals surface area contributed by atoms with Gasteiger partial charge in [0.15, 0.2) is 5.58 Å². The maximum absolute atomic E-state index is 11.0. The van der Waals surface area contributed by atoms with Gasteiger partial charge in [-0.1, -0.05) is 35.9 Å². The zero-order valence-electron chi connectivity index (χ0n) is 13.9. The fourth-order valence-electron chi connectivity index (χ4n) is 2.60. The molecule has 0 aliphatic heterocycles. The van der Waals surface area contributed by atoms with Crippen LogP contribution in [0.5, 0.6) is 0 Å². The average Bonchev–Trinajstić information content (AvgIpc) is 3.11. The smallest absolute Gasteiger partial charge is 0.288 e. The van der Waals surface area contributed by atoms with Crippen LogP contribution in [-0.4, -0.2) is 16.1 Å². The molecule has 0 fully saturated rings. The number of benzene rings is 3. The van der Waals surface area contributed by atoms with E-state index in [1.54, 1.807) is 30.5 Å². The van der Waals surface area contributed by atoms with E-state index in [-0.39, 0.29) is 10.7 Å². The molecular formula is C20H12ClN3O3. The predicted molar refractivity (Wildman–Crippen MR) is 105 cm³/mol. The lowest BCUT2D eigenvalue weighted by Crippen LogP contribution is -1.91. The molecule has 0 radical (unpaired) electrons. The van der Waals surface area contributed by atoms with Crippen molar-refractivity contribution in [3.8, 4) is 11.5 Å². The number of aromatic nitrogens is 1. The van der Waals surface area contributed by atoms with Gasteiger partial charge in [-0.05, 0) is 42.0 Å². The number of fused-ring (bicyclic) bond motifs is 1. The van der Waals surface area contributed by atoms with E-state index in [4.69, 9.17) is 16.0 Å². The lowest BCUT2D eigenvalue weighted by molar-refractivity contribution is -0.384. The van der Waals surface area contributed by atoms with Crippen LogP contribution in [0.1, 0.15) is 5.56 Å². The third-order valence-electron chi connectivity index (χ3n) is 3.92. The van der Waals surface area contributed by atoms with Crippen molar-refractivity contribution in [3.05, 3.63) is 87.4 Å². The van der Waals surface area contributed by atoms with Crippen LogP contribution >= 0.6 is 11.6 Å². The molecule has 0 bridgehead atoms. The van der Waals surface area contributed by atoms with Gasteiger partial charge in [-0.2, -0.15) is 0 Å². The first kappa shape index (κ1) is 16.9. The molecule has 3 aromatic carbocycles. The first-order valence-electron chi connectivity index (χ1n) is 8.04. The van der Waals surface area contributed by atoms with Crippen molar-refractivity contribution in [1.82, 2.24) is 4.98 Å². The molecule has 0 amide bonds. The summed E-state index contributed by atoms with van der Waals surface area (Å²) in [5.74, 6) is 0.542. The summed E-state index contributed by atoms with van der Waals surface area (Å²) >= 11 is 5.82. The Morgan fingerprint density at radius 2 is 1.89 bits per heavy atom. The summed E-state index contributed by atoms with van der Waals surface area (Å²) in [5.41, 5.74) is 3.33. The summed E-state index contributed by atoms with van der Waals surface area (Å²) in [6.45, 7) is 0. The Labute approximate surface area is 158 Å². The second-order valence-corrected chi connectivity index (χ2v) is 6.17. The second kappa shape index (κ2) is 7.01. The van der Waals surface area contributed by atoms with Gasteiger partial charge in [0.05, 0.1) is 10.6 Å². The van der Waals surface area contributed by atoms with Gasteiger partial charge in [0, 0.05) is 17.8 Å². The van der Waals surface area contributed by atoms with Gasteiger partial charge in [-0.15, -0.1) is 0 Å². The monoisotopic (exact) mass is 377 g/mol. The molecule has 0 unspecified atom stereocenters. The van der Waals surface area contributed by atoms with Crippen molar-refractivity contribution in [2.75, 3.05) is 0 Å². The number of nitro groups is 1. The molecule has 0 saturated carbocycles. The third-order valence-corrected chi connectivity index (χ3v) is 4.24. The van der Waals surface area contributed by atoms with Crippen LogP contribution in [0.15, 0.2) is 76.1 Å². The topological polar surface area (TPSA) is 81.5 Å². The Hall–Kier alpha value is -3.51. The van der Waals surface area contributed by atoms with E-state index in [0.717, 1.165) is 5.56 Å². The molecule has 0 N–H and O–H groups in total. The van der Waals surface area contributed by atoms with E-state index in [9.17, 15) is 10.1 Å². The molecule has 0 aliphatic carbocycles. The first-order chi connectivity index (χ1) is 13.1. The number of nitrogens with zero attached hydrogens (tertiary/aromatic N) is 3. The lowest BCUT2D eigenvalue weighted by atomic mass is 10.2. The van der Waals surface area contributed by atoms with E-state index >= 15 is 0 Å². The molecule has 132 valence electrons. The first-order valence-corrected chi connectivity index (χ1v) is 8.42. The predicted octanol–water partition coefficient (Wildman–Crippen LogP) is 5.81. The molecule has 0 spiro atoms. The van der Waals surface area contributed by atoms with Crippen LogP contribution in [-0.2, 0) is 0 Å². The number of halogens is 1. The molecule has 0 saturated heterocycles. The van der Waals surface area contributed by atoms with Crippen molar-refractivity contribution in [2.45, 2.75) is 0 Å². The van der Waals surface area contributed by atoms with Crippen LogP contribution in [0.2, 0.25) is 5.02 Å². The fourth-order valence-corrected chi connectivity index (χ4v) is 2.79. The maximum Gasteiger partial charge on any atom is 0.288 e. The fraction of sp³-hybridized carbons (Fsp3) is 0. The zero-order chi connectivity index (χ0) is 18.8. The SMILES string of the molecule is O=[N+]([O-])c1cc(C=Nc2ccc3oc(-c4ccccc4)nc3c2)ccc1Cl. The summed E-state index contributed by atoms with van der Waals surface area (Å²) in [5, 5.41) is 11.1. The van der Waals surface area contributed by atoms with Crippen molar-refractivity contribution >= 4 is 40.3 Å². The average molecular weight is 378 g/mol. The molecule has 4 aromatic rings. The largest absolute Gasteiger partial charge is 0.436 e. The Balaban J connectivity index is 1.64. The molecule has 27 heavy (non-hydrogen) atoms. The van der Waals surface area contributed by atoms with Gasteiger partial charge in [-0.25, -0.2) is 4.98 Å². The Bertz CT molecular complexity index is 1170. The van der Waals surface area contributed by atoms with Gasteiger partial charge >= 0.3 is 0 Å². The highest BCUT2D eigenvalue weighted by atomic mass is 35.5. The highest BCUT2D eigenvalue weighted by molar-refractivity contribution is 6.32. The molecule has 7 heteroatoms. The van der Waals surface area contributed by atoms with E-state index < -0.39 is 4.92 Å². The van der Waals surface area contributed by atoms with Gasteiger partial charge < -0.3 is 4.42 Å². The standard InChI is InChI=1S/C20H12ClN3O3/c21-16-8-6-13(10-18(16)24(25)26)12-22-15-7-9-19-17(11-15)23-20(27-19)14-4-2-1-3-5-14/h1-12H. The Kier molecular flexibility index (Phi) is 4.40. The Morgan fingerprint density at radius 1 is 1.07 bits per heavy atom. The summed E-state index contributed by atoms with van der Waals surface area (Å²) in [7, 11) is 0. The molecule has 4 rings (SSSR count). The third kappa shape index (κ3) is 3.56. The number of oxazole rings is 1. The molecular weight excluding hydrogens is 366 g/mol. The molecule has 1 heterocycles.